The molecule has 2 unspecified atom stereocenters. The molecule has 1 N–H and O–H groups in total. The van der Waals surface area contributed by atoms with Crippen molar-refractivity contribution in [2.24, 2.45) is 5.41 Å². The van der Waals surface area contributed by atoms with E-state index in [2.05, 4.69) is 64.1 Å². The van der Waals surface area contributed by atoms with E-state index in [-0.39, 0.29) is 16.5 Å². The molecule has 0 bridgehead atoms. The summed E-state index contributed by atoms with van der Waals surface area (Å²) >= 11 is 0. The Kier molecular flexibility index (Phi) is 4.70. The summed E-state index contributed by atoms with van der Waals surface area (Å²) in [4.78, 5) is 4.45. The van der Waals surface area contributed by atoms with Gasteiger partial charge in [-0.2, -0.15) is 0 Å². The van der Waals surface area contributed by atoms with Crippen molar-refractivity contribution in [3.8, 4) is 0 Å². The van der Waals surface area contributed by atoms with Crippen LogP contribution in [0, 0.1) is 5.41 Å². The minimum atomic E-state index is -0.501. The smallest absolute Gasteiger partial charge is 0.237 e. The molecule has 140 valence electrons. The highest BCUT2D eigenvalue weighted by molar-refractivity contribution is 6.31. The number of aliphatic hydroxyl groups excluding tert-OH is 1. The Morgan fingerprint density at radius 1 is 1.12 bits per heavy atom. The van der Waals surface area contributed by atoms with Gasteiger partial charge in [0, 0.05) is 5.41 Å². The Bertz CT molecular complexity index is 789. The molecule has 1 aromatic carbocycles. The number of rotatable bonds is 4. The molecule has 2 aromatic rings. The minimum Gasteiger partial charge on any atom is -0.406 e. The van der Waals surface area contributed by atoms with E-state index in [1.54, 1.807) is 0 Å². The highest BCUT2D eigenvalue weighted by Gasteiger charge is 2.48. The van der Waals surface area contributed by atoms with Crippen molar-refractivity contribution in [2.75, 3.05) is 0 Å². The second-order valence-electron chi connectivity index (χ2n) is 9.41. The van der Waals surface area contributed by atoms with Crippen LogP contribution in [0.25, 0.3) is 0 Å². The number of hydrogen-bond donors (Lipinski definition) is 1. The van der Waals surface area contributed by atoms with Gasteiger partial charge in [-0.15, -0.1) is 0 Å². The van der Waals surface area contributed by atoms with Crippen LogP contribution in [-0.2, 0) is 10.0 Å². The van der Waals surface area contributed by atoms with Gasteiger partial charge in [-0.05, 0) is 30.0 Å². The van der Waals surface area contributed by atoms with Crippen LogP contribution < -0.4 is 0 Å². The van der Waals surface area contributed by atoms with E-state index in [1.165, 1.54) is 5.56 Å². The largest absolute Gasteiger partial charge is 0.406 e. The Morgan fingerprint density at radius 2 is 1.73 bits per heavy atom. The van der Waals surface area contributed by atoms with Gasteiger partial charge in [-0.1, -0.05) is 58.9 Å². The maximum atomic E-state index is 10.9. The van der Waals surface area contributed by atoms with E-state index in [1.807, 2.05) is 30.7 Å². The summed E-state index contributed by atoms with van der Waals surface area (Å²) in [7, 11) is 0.392. The number of hydrogen-bond acceptors (Lipinski definition) is 3. The van der Waals surface area contributed by atoms with Gasteiger partial charge in [-0.3, -0.25) is 0 Å². The summed E-state index contributed by atoms with van der Waals surface area (Å²) < 4.78 is 8.52. The van der Waals surface area contributed by atoms with Crippen molar-refractivity contribution in [3.05, 3.63) is 53.6 Å². The molecular weight excluding hydrogens is 340 g/mol. The second-order valence-corrected chi connectivity index (χ2v) is 11.3. The number of aliphatic hydroxyl groups is 1. The maximum Gasteiger partial charge on any atom is 0.237 e. The summed E-state index contributed by atoms with van der Waals surface area (Å²) in [5, 5.41) is 11.0. The lowest BCUT2D eigenvalue weighted by atomic mass is 9.82. The lowest BCUT2D eigenvalue weighted by molar-refractivity contribution is 0.0356. The minimum absolute atomic E-state index is 0.0204. The Hall–Kier alpha value is -1.43. The molecule has 0 amide bonds. The van der Waals surface area contributed by atoms with Crippen LogP contribution in [0.15, 0.2) is 36.8 Å². The fraction of sp³-hybridized carbons (Fsp3) is 0.571. The molecule has 1 aliphatic carbocycles. The highest BCUT2D eigenvalue weighted by atomic mass is 28.2. The van der Waals surface area contributed by atoms with Crippen LogP contribution in [0.1, 0.15) is 77.4 Å². The normalized spacial score (nSPS) is 22.5. The van der Waals surface area contributed by atoms with Crippen LogP contribution in [0.2, 0.25) is 5.04 Å². The van der Waals surface area contributed by atoms with Crippen molar-refractivity contribution < 1.29 is 9.53 Å². The zero-order valence-corrected chi connectivity index (χ0v) is 17.9. The number of fused-ring (bicyclic) bond motifs is 1. The fourth-order valence-electron chi connectivity index (χ4n) is 3.78. The van der Waals surface area contributed by atoms with Gasteiger partial charge >= 0.3 is 0 Å². The molecule has 0 saturated carbocycles. The predicted molar refractivity (Wildman–Crippen MR) is 105 cm³/mol. The van der Waals surface area contributed by atoms with Crippen molar-refractivity contribution in [1.82, 2.24) is 9.55 Å². The summed E-state index contributed by atoms with van der Waals surface area (Å²) in [5.74, 6) is 0. The average molecular weight is 371 g/mol. The summed E-state index contributed by atoms with van der Waals surface area (Å²) in [5.41, 5.74) is 2.43. The summed E-state index contributed by atoms with van der Waals surface area (Å²) in [6.45, 7) is 15.0. The standard InChI is InChI=1S/C21H30N2O2Si/c1-19(2,3)26-25-21(6,7)16-12-22-13-23(16)17-14-10-8-9-11-15(14)18(24)20(17,4)5/h8-13,17-18,24H,1-7H3. The SMILES string of the molecule is CC(C)(C)[Si]OC(C)(C)c1cncn1C1c2ccccc2C(O)C1(C)C. The third-order valence-electron chi connectivity index (χ3n) is 5.17. The molecule has 0 fully saturated rings. The molecule has 2 atom stereocenters. The van der Waals surface area contributed by atoms with Gasteiger partial charge in [-0.25, -0.2) is 4.98 Å². The van der Waals surface area contributed by atoms with E-state index < -0.39 is 11.7 Å². The zero-order chi connectivity index (χ0) is 19.3. The first-order chi connectivity index (χ1) is 12.0. The summed E-state index contributed by atoms with van der Waals surface area (Å²) in [6.07, 6.45) is 3.28. The molecule has 5 heteroatoms. The molecule has 26 heavy (non-hydrogen) atoms. The first-order valence-corrected chi connectivity index (χ1v) is 10.1. The van der Waals surface area contributed by atoms with Crippen molar-refractivity contribution in [2.45, 2.75) is 71.3 Å². The van der Waals surface area contributed by atoms with E-state index in [0.29, 0.717) is 9.76 Å². The topological polar surface area (TPSA) is 47.3 Å². The van der Waals surface area contributed by atoms with Crippen LogP contribution in [0.5, 0.6) is 0 Å². The molecule has 1 aliphatic rings. The van der Waals surface area contributed by atoms with E-state index in [9.17, 15) is 5.11 Å². The molecule has 1 aromatic heterocycles. The van der Waals surface area contributed by atoms with Crippen molar-refractivity contribution >= 4 is 9.76 Å². The molecule has 4 nitrogen and oxygen atoms in total. The van der Waals surface area contributed by atoms with Gasteiger partial charge in [0.1, 0.15) is 0 Å². The highest BCUT2D eigenvalue weighted by Crippen LogP contribution is 2.55. The first kappa shape index (κ1) is 19.3. The first-order valence-electron chi connectivity index (χ1n) is 9.19. The number of aromatic nitrogens is 2. The number of imidazole rings is 1. The summed E-state index contributed by atoms with van der Waals surface area (Å²) in [6, 6.07) is 8.20. The monoisotopic (exact) mass is 370 g/mol. The molecule has 3 rings (SSSR count). The predicted octanol–water partition coefficient (Wildman–Crippen LogP) is 4.64. The molecule has 2 radical (unpaired) electrons. The van der Waals surface area contributed by atoms with Crippen LogP contribution >= 0.6 is 0 Å². The van der Waals surface area contributed by atoms with Crippen LogP contribution in [0.4, 0.5) is 0 Å². The van der Waals surface area contributed by atoms with Gasteiger partial charge < -0.3 is 14.1 Å². The van der Waals surface area contributed by atoms with Gasteiger partial charge in [0.25, 0.3) is 0 Å². The molecule has 0 spiro atoms. The molecule has 0 aliphatic heterocycles. The number of benzene rings is 1. The van der Waals surface area contributed by atoms with Gasteiger partial charge in [0.05, 0.1) is 36.0 Å². The van der Waals surface area contributed by atoms with Gasteiger partial charge in [0.15, 0.2) is 0 Å². The maximum absolute atomic E-state index is 10.9. The fourth-order valence-corrected chi connectivity index (χ4v) is 4.44. The van der Waals surface area contributed by atoms with Crippen LogP contribution in [0.3, 0.4) is 0 Å². The molecular formula is C21H30N2O2Si. The molecule has 0 saturated heterocycles. The lowest BCUT2D eigenvalue weighted by Gasteiger charge is -2.36. The third kappa shape index (κ3) is 3.28. The van der Waals surface area contributed by atoms with E-state index in [0.717, 1.165) is 11.3 Å². The van der Waals surface area contributed by atoms with Crippen LogP contribution in [-0.4, -0.2) is 24.4 Å². The van der Waals surface area contributed by atoms with Crippen molar-refractivity contribution in [3.63, 3.8) is 0 Å². The quantitative estimate of drug-likeness (QED) is 0.798. The Morgan fingerprint density at radius 3 is 2.35 bits per heavy atom. The van der Waals surface area contributed by atoms with Gasteiger partial charge in [0.2, 0.25) is 9.76 Å². The average Bonchev–Trinajstić information content (AvgIpc) is 3.08. The number of nitrogens with zero attached hydrogens (tertiary/aromatic N) is 2. The lowest BCUT2D eigenvalue weighted by Crippen LogP contribution is -2.34. The molecule has 1 heterocycles. The van der Waals surface area contributed by atoms with Crippen molar-refractivity contribution in [1.29, 1.82) is 0 Å². The third-order valence-corrected chi connectivity index (χ3v) is 6.39. The second kappa shape index (κ2) is 6.32. The zero-order valence-electron chi connectivity index (χ0n) is 16.9. The van der Waals surface area contributed by atoms with E-state index >= 15 is 0 Å². The van der Waals surface area contributed by atoms with E-state index in [4.69, 9.17) is 4.43 Å². The Labute approximate surface area is 159 Å². The Balaban J connectivity index is 2.03.